The topological polar surface area (TPSA) is 59.0 Å². The lowest BCUT2D eigenvalue weighted by molar-refractivity contribution is 0.320. The molecule has 5 heteroatoms. The van der Waals surface area contributed by atoms with Crippen LogP contribution in [0, 0.1) is 0 Å². The molecule has 4 aromatic carbocycles. The van der Waals surface area contributed by atoms with Gasteiger partial charge in [0.25, 0.3) is 0 Å². The molecule has 35 heavy (non-hydrogen) atoms. The Morgan fingerprint density at radius 3 is 1.46 bits per heavy atom. The average molecular weight is 458 g/mol. The summed E-state index contributed by atoms with van der Waals surface area (Å²) in [5.74, 6) is 1.35. The Labute approximate surface area is 202 Å². The van der Waals surface area contributed by atoms with Crippen molar-refractivity contribution in [2.24, 2.45) is 9.98 Å². The second-order valence-electron chi connectivity index (χ2n) is 8.92. The number of aromatic amines is 1. The fraction of sp³-hybridized carbons (Fsp3) is 0.133. The van der Waals surface area contributed by atoms with E-state index in [0.717, 1.165) is 44.1 Å². The summed E-state index contributed by atoms with van der Waals surface area (Å²) in [4.78, 5) is 13.5. The van der Waals surface area contributed by atoms with Crippen LogP contribution in [0.4, 0.5) is 0 Å². The van der Waals surface area contributed by atoms with Crippen molar-refractivity contribution in [2.45, 2.75) is 12.1 Å². The number of ether oxygens (including phenoxy) is 2. The zero-order chi connectivity index (χ0) is 23.2. The third-order valence-corrected chi connectivity index (χ3v) is 6.80. The molecule has 0 radical (unpaired) electrons. The van der Waals surface area contributed by atoms with E-state index >= 15 is 0 Å². The summed E-state index contributed by atoms with van der Waals surface area (Å²) in [6.45, 7) is 1.10. The average Bonchev–Trinajstić information content (AvgIpc) is 3.68. The van der Waals surface area contributed by atoms with Crippen molar-refractivity contribution in [1.82, 2.24) is 4.98 Å². The number of hydrogen-bond donors (Lipinski definition) is 1. The molecule has 3 heterocycles. The van der Waals surface area contributed by atoms with E-state index in [0.29, 0.717) is 25.0 Å². The molecule has 0 saturated heterocycles. The number of rotatable bonds is 4. The number of H-pyrrole nitrogens is 1. The van der Waals surface area contributed by atoms with Gasteiger partial charge in [0.15, 0.2) is 0 Å². The molecule has 0 saturated carbocycles. The molecule has 2 aliphatic heterocycles. The Bertz CT molecular complexity index is 1480. The highest BCUT2D eigenvalue weighted by atomic mass is 16.5. The zero-order valence-corrected chi connectivity index (χ0v) is 19.0. The maximum Gasteiger partial charge on any atom is 0.219 e. The molecule has 1 N–H and O–H groups in total. The van der Waals surface area contributed by atoms with Gasteiger partial charge in [-0.25, -0.2) is 9.98 Å². The van der Waals surface area contributed by atoms with Crippen LogP contribution < -0.4 is 0 Å². The van der Waals surface area contributed by atoms with E-state index < -0.39 is 0 Å². The predicted molar refractivity (Wildman–Crippen MR) is 139 cm³/mol. The summed E-state index contributed by atoms with van der Waals surface area (Å²) in [6, 6.07) is 33.2. The Kier molecular flexibility index (Phi) is 4.65. The minimum absolute atomic E-state index is 0.0116. The summed E-state index contributed by atoms with van der Waals surface area (Å²) in [5, 5.41) is 2.26. The Morgan fingerprint density at radius 2 is 1.00 bits per heavy atom. The normalized spacial score (nSPS) is 19.4. The minimum Gasteiger partial charge on any atom is -0.475 e. The first kappa shape index (κ1) is 20.0. The van der Waals surface area contributed by atoms with Crippen molar-refractivity contribution in [3.63, 3.8) is 0 Å². The van der Waals surface area contributed by atoms with Gasteiger partial charge in [-0.1, -0.05) is 84.9 Å². The molecule has 2 aliphatic rings. The third-order valence-electron chi connectivity index (χ3n) is 6.80. The van der Waals surface area contributed by atoms with Crippen LogP contribution >= 0.6 is 0 Å². The van der Waals surface area contributed by atoms with Gasteiger partial charge in [0.2, 0.25) is 11.8 Å². The standard InChI is InChI=1S/C30H23N3O2/c1-3-9-19(10-4-1)25-17-34-29(31-25)23-15-7-13-21-22-14-8-16-24(28(22)33-27(21)23)30-32-26(18-35-30)20-11-5-2-6-12-20/h1-16,25-26,33H,17-18H2/t25-,26-/m1/s1. The van der Waals surface area contributed by atoms with Crippen molar-refractivity contribution in [3.05, 3.63) is 119 Å². The summed E-state index contributed by atoms with van der Waals surface area (Å²) >= 11 is 0. The number of nitrogens with zero attached hydrogens (tertiary/aromatic N) is 2. The van der Waals surface area contributed by atoms with Crippen molar-refractivity contribution in [3.8, 4) is 0 Å². The van der Waals surface area contributed by atoms with E-state index in [1.165, 1.54) is 0 Å². The number of aromatic nitrogens is 1. The molecule has 5 nitrogen and oxygen atoms in total. The van der Waals surface area contributed by atoms with Gasteiger partial charge >= 0.3 is 0 Å². The van der Waals surface area contributed by atoms with Gasteiger partial charge in [-0.05, 0) is 23.3 Å². The van der Waals surface area contributed by atoms with E-state index in [9.17, 15) is 0 Å². The molecule has 0 spiro atoms. The summed E-state index contributed by atoms with van der Waals surface area (Å²) in [5.41, 5.74) is 6.30. The van der Waals surface area contributed by atoms with Crippen LogP contribution in [-0.4, -0.2) is 30.0 Å². The third kappa shape index (κ3) is 3.39. The van der Waals surface area contributed by atoms with Crippen LogP contribution in [0.15, 0.2) is 107 Å². The summed E-state index contributed by atoms with van der Waals surface area (Å²) in [7, 11) is 0. The number of aliphatic imine (C=N–C) groups is 2. The molecule has 0 unspecified atom stereocenters. The minimum atomic E-state index is 0.0116. The molecule has 7 rings (SSSR count). The van der Waals surface area contributed by atoms with Crippen LogP contribution in [0.2, 0.25) is 0 Å². The quantitative estimate of drug-likeness (QED) is 0.341. The van der Waals surface area contributed by atoms with E-state index in [1.54, 1.807) is 0 Å². The van der Waals surface area contributed by atoms with Gasteiger partial charge < -0.3 is 14.5 Å². The van der Waals surface area contributed by atoms with Gasteiger partial charge in [-0.2, -0.15) is 0 Å². The highest BCUT2D eigenvalue weighted by Gasteiger charge is 2.26. The maximum absolute atomic E-state index is 6.08. The maximum atomic E-state index is 6.08. The first-order chi connectivity index (χ1) is 17.3. The Morgan fingerprint density at radius 1 is 0.543 bits per heavy atom. The second kappa shape index (κ2) is 8.13. The highest BCUT2D eigenvalue weighted by molar-refractivity contribution is 6.19. The fourth-order valence-electron chi connectivity index (χ4n) is 5.04. The molecule has 0 fully saturated rings. The van der Waals surface area contributed by atoms with Gasteiger partial charge in [-0.15, -0.1) is 0 Å². The number of fused-ring (bicyclic) bond motifs is 3. The Hall–Kier alpha value is -4.38. The molecule has 5 aromatic rings. The molecule has 0 bridgehead atoms. The van der Waals surface area contributed by atoms with Crippen LogP contribution in [0.5, 0.6) is 0 Å². The smallest absolute Gasteiger partial charge is 0.219 e. The first-order valence-electron chi connectivity index (χ1n) is 11.9. The van der Waals surface area contributed by atoms with Gasteiger partial charge in [0.1, 0.15) is 25.3 Å². The molecule has 0 aliphatic carbocycles. The molecule has 170 valence electrons. The second-order valence-corrected chi connectivity index (χ2v) is 8.92. The predicted octanol–water partition coefficient (Wildman–Crippen LogP) is 6.36. The molecular formula is C30H23N3O2. The van der Waals surface area contributed by atoms with Crippen molar-refractivity contribution in [2.75, 3.05) is 13.2 Å². The van der Waals surface area contributed by atoms with Crippen LogP contribution in [0.3, 0.4) is 0 Å². The monoisotopic (exact) mass is 457 g/mol. The van der Waals surface area contributed by atoms with E-state index in [-0.39, 0.29) is 12.1 Å². The zero-order valence-electron chi connectivity index (χ0n) is 19.0. The lowest BCUT2D eigenvalue weighted by atomic mass is 10.1. The van der Waals surface area contributed by atoms with E-state index in [1.807, 2.05) is 36.4 Å². The Balaban J connectivity index is 1.31. The van der Waals surface area contributed by atoms with Gasteiger partial charge in [-0.3, -0.25) is 0 Å². The molecular weight excluding hydrogens is 434 g/mol. The largest absolute Gasteiger partial charge is 0.475 e. The van der Waals surface area contributed by atoms with Crippen LogP contribution in [0.1, 0.15) is 34.3 Å². The van der Waals surface area contributed by atoms with Crippen molar-refractivity contribution >= 4 is 33.6 Å². The van der Waals surface area contributed by atoms with Gasteiger partial charge in [0.05, 0.1) is 22.2 Å². The molecule has 1 aromatic heterocycles. The van der Waals surface area contributed by atoms with Crippen molar-refractivity contribution in [1.29, 1.82) is 0 Å². The molecule has 2 atom stereocenters. The van der Waals surface area contributed by atoms with E-state index in [2.05, 4.69) is 65.6 Å². The fourth-order valence-corrected chi connectivity index (χ4v) is 5.04. The highest BCUT2D eigenvalue weighted by Crippen LogP contribution is 2.34. The van der Waals surface area contributed by atoms with Crippen LogP contribution in [0.25, 0.3) is 21.8 Å². The SMILES string of the molecule is c1ccc([C@H]2COC(c3cccc4c3[nH]c3c(C5=N[C@@H](c6ccccc6)CO5)cccc34)=N2)cc1. The lowest BCUT2D eigenvalue weighted by Crippen LogP contribution is -2.03. The van der Waals surface area contributed by atoms with Gasteiger partial charge in [0, 0.05) is 10.8 Å². The number of nitrogens with one attached hydrogen (secondary N) is 1. The van der Waals surface area contributed by atoms with E-state index in [4.69, 9.17) is 19.5 Å². The van der Waals surface area contributed by atoms with Crippen LogP contribution in [-0.2, 0) is 9.47 Å². The summed E-state index contributed by atoms with van der Waals surface area (Å²) < 4.78 is 12.2. The number of hydrogen-bond acceptors (Lipinski definition) is 4. The summed E-state index contributed by atoms with van der Waals surface area (Å²) in [6.07, 6.45) is 0. The lowest BCUT2D eigenvalue weighted by Gasteiger charge is -2.03. The van der Waals surface area contributed by atoms with Crippen molar-refractivity contribution < 1.29 is 9.47 Å². The number of benzene rings is 4. The number of para-hydroxylation sites is 2. The first-order valence-corrected chi connectivity index (χ1v) is 11.9. The molecule has 0 amide bonds.